The molecule has 0 radical (unpaired) electrons. The number of esters is 4. The second-order valence-electron chi connectivity index (χ2n) is 9.62. The smallest absolute Gasteiger partial charge is 0.337 e. The summed E-state index contributed by atoms with van der Waals surface area (Å²) in [6, 6.07) is -0.0451. The zero-order valence-corrected chi connectivity index (χ0v) is 26.1. The molecule has 0 bridgehead atoms. The summed E-state index contributed by atoms with van der Waals surface area (Å²) in [6.07, 6.45) is -1.65. The van der Waals surface area contributed by atoms with Crippen molar-refractivity contribution >= 4 is 39.0 Å². The number of carbonyl (C=O) groups is 5. The minimum atomic E-state index is -1.45. The van der Waals surface area contributed by atoms with E-state index in [1.54, 1.807) is 13.8 Å². The van der Waals surface area contributed by atoms with E-state index in [4.69, 9.17) is 37.9 Å². The summed E-state index contributed by atoms with van der Waals surface area (Å²) in [4.78, 5) is 67.7. The second-order valence-corrected chi connectivity index (χ2v) is 10.1. The van der Waals surface area contributed by atoms with Crippen LogP contribution >= 0.6 is 9.24 Å². The molecule has 1 aliphatic rings. The molecule has 240 valence electrons. The maximum absolute atomic E-state index is 13.3. The molecular formula is C27H39N2O13P. The van der Waals surface area contributed by atoms with E-state index >= 15 is 0 Å². The molecule has 6 atom stereocenters. The monoisotopic (exact) mass is 630 g/mol. The van der Waals surface area contributed by atoms with E-state index in [9.17, 15) is 24.0 Å². The number of nitrogens with zero attached hydrogens (tertiary/aromatic N) is 1. The molecule has 1 aromatic rings. The highest BCUT2D eigenvalue weighted by Crippen LogP contribution is 2.30. The summed E-state index contributed by atoms with van der Waals surface area (Å²) in [6.45, 7) is 5.49. The minimum absolute atomic E-state index is 0.0794. The largest absolute Gasteiger partial charge is 0.493 e. The van der Waals surface area contributed by atoms with Gasteiger partial charge in [0, 0.05) is 19.4 Å². The first kappa shape index (κ1) is 35.6. The SMILES string of the molecule is COCCOC(C)C(=O)OCOc1c(OC)ccnc1C(=O)N[C@H]1COC(=O)[C@H](CP)[C@@H](OC(=O)C(C)C)[C@H](C)OC1=O. The van der Waals surface area contributed by atoms with E-state index in [-0.39, 0.29) is 36.6 Å². The van der Waals surface area contributed by atoms with Gasteiger partial charge in [-0.3, -0.25) is 14.4 Å². The molecule has 1 saturated heterocycles. The Labute approximate surface area is 251 Å². The van der Waals surface area contributed by atoms with Gasteiger partial charge in [-0.15, -0.1) is 9.24 Å². The average molecular weight is 631 g/mol. The van der Waals surface area contributed by atoms with Crippen LogP contribution < -0.4 is 14.8 Å². The van der Waals surface area contributed by atoms with E-state index in [2.05, 4.69) is 19.5 Å². The van der Waals surface area contributed by atoms with Crippen LogP contribution in [0.3, 0.4) is 0 Å². The van der Waals surface area contributed by atoms with Crippen LogP contribution in [0.4, 0.5) is 0 Å². The Balaban J connectivity index is 2.19. The van der Waals surface area contributed by atoms with Crippen LogP contribution in [0.1, 0.15) is 38.2 Å². The van der Waals surface area contributed by atoms with Gasteiger partial charge in [0.25, 0.3) is 5.91 Å². The highest BCUT2D eigenvalue weighted by molar-refractivity contribution is 7.16. The van der Waals surface area contributed by atoms with Crippen molar-refractivity contribution < 1.29 is 61.9 Å². The van der Waals surface area contributed by atoms with Crippen LogP contribution in [0.2, 0.25) is 0 Å². The van der Waals surface area contributed by atoms with E-state index < -0.39 is 79.4 Å². The fourth-order valence-electron chi connectivity index (χ4n) is 3.67. The molecule has 0 aromatic carbocycles. The number of hydrogen-bond donors (Lipinski definition) is 1. The number of pyridine rings is 1. The number of ether oxygens (including phenoxy) is 8. The molecule has 2 rings (SSSR count). The fraction of sp³-hybridized carbons (Fsp3) is 0.630. The molecule has 1 amide bonds. The maximum Gasteiger partial charge on any atom is 0.337 e. The molecule has 15 nitrogen and oxygen atoms in total. The zero-order chi connectivity index (χ0) is 32.1. The quantitative estimate of drug-likeness (QED) is 0.0994. The van der Waals surface area contributed by atoms with E-state index in [0.29, 0.717) is 0 Å². The van der Waals surface area contributed by atoms with Crippen LogP contribution in [-0.4, -0.2) is 106 Å². The van der Waals surface area contributed by atoms with Crippen molar-refractivity contribution in [3.8, 4) is 11.5 Å². The molecule has 1 fully saturated rings. The summed E-state index contributed by atoms with van der Waals surface area (Å²) in [7, 11) is 5.20. The summed E-state index contributed by atoms with van der Waals surface area (Å²) in [5, 5.41) is 2.42. The standard InChI is InChI=1S/C27H39N2O13P/c1-14(2)24(31)42-21-15(3)41-27(34)18(11-38-26(33)17(21)12-43)29-23(30)20-22(19(36-6)7-8-28-20)39-13-40-25(32)16(4)37-10-9-35-5/h7-8,14-18,21H,9-13,43H2,1-6H3,(H,29,30)/t15-,16?,17+,18-,21-/m0/s1. The number of carbonyl (C=O) groups excluding carboxylic acids is 5. The van der Waals surface area contributed by atoms with E-state index in [1.807, 2.05) is 0 Å². The molecule has 1 aliphatic heterocycles. The van der Waals surface area contributed by atoms with Gasteiger partial charge in [-0.05, 0) is 20.0 Å². The van der Waals surface area contributed by atoms with Gasteiger partial charge in [0.15, 0.2) is 35.4 Å². The van der Waals surface area contributed by atoms with Crippen molar-refractivity contribution in [3.63, 3.8) is 0 Å². The summed E-state index contributed by atoms with van der Waals surface area (Å²) >= 11 is 0. The lowest BCUT2D eigenvalue weighted by Gasteiger charge is -2.28. The summed E-state index contributed by atoms with van der Waals surface area (Å²) < 4.78 is 42.3. The normalized spacial score (nSPS) is 21.3. The lowest BCUT2D eigenvalue weighted by Crippen LogP contribution is -2.47. The lowest BCUT2D eigenvalue weighted by atomic mass is 10.00. The van der Waals surface area contributed by atoms with E-state index in [1.165, 1.54) is 40.3 Å². The molecular weight excluding hydrogens is 591 g/mol. The third-order valence-corrected chi connectivity index (χ3v) is 6.63. The molecule has 1 aromatic heterocycles. The Morgan fingerprint density at radius 3 is 2.47 bits per heavy atom. The second kappa shape index (κ2) is 17.5. The zero-order valence-electron chi connectivity index (χ0n) is 25.0. The van der Waals surface area contributed by atoms with Crippen molar-refractivity contribution in [1.29, 1.82) is 0 Å². The summed E-state index contributed by atoms with van der Waals surface area (Å²) in [5.41, 5.74) is -0.321. The molecule has 43 heavy (non-hydrogen) atoms. The first-order valence-corrected chi connectivity index (χ1v) is 14.3. The topological polar surface area (TPSA) is 184 Å². The van der Waals surface area contributed by atoms with Gasteiger partial charge in [-0.2, -0.15) is 0 Å². The van der Waals surface area contributed by atoms with Gasteiger partial charge >= 0.3 is 23.9 Å². The third kappa shape index (κ3) is 10.3. The number of nitrogens with one attached hydrogen (secondary N) is 1. The van der Waals surface area contributed by atoms with Gasteiger partial charge in [-0.1, -0.05) is 13.8 Å². The van der Waals surface area contributed by atoms with Gasteiger partial charge in [0.2, 0.25) is 6.79 Å². The highest BCUT2D eigenvalue weighted by Gasteiger charge is 2.41. The van der Waals surface area contributed by atoms with Crippen molar-refractivity contribution in [2.24, 2.45) is 11.8 Å². The predicted octanol–water partition coefficient (Wildman–Crippen LogP) is 0.667. The number of hydrogen-bond acceptors (Lipinski definition) is 14. The van der Waals surface area contributed by atoms with Crippen LogP contribution in [0.15, 0.2) is 12.3 Å². The Kier molecular flexibility index (Phi) is 14.5. The number of cyclic esters (lactones) is 2. The number of methoxy groups -OCH3 is 2. The van der Waals surface area contributed by atoms with Crippen molar-refractivity contribution in [2.75, 3.05) is 47.0 Å². The first-order valence-electron chi connectivity index (χ1n) is 13.5. The predicted molar refractivity (Wildman–Crippen MR) is 150 cm³/mol. The Morgan fingerprint density at radius 2 is 1.84 bits per heavy atom. The molecule has 1 N–H and O–H groups in total. The first-order chi connectivity index (χ1) is 20.4. The minimum Gasteiger partial charge on any atom is -0.493 e. The Hall–Kier alpha value is -3.55. The molecule has 16 heteroatoms. The molecule has 0 saturated carbocycles. The highest BCUT2D eigenvalue weighted by atomic mass is 31.0. The third-order valence-electron chi connectivity index (χ3n) is 6.12. The number of rotatable bonds is 14. The molecule has 2 unspecified atom stereocenters. The van der Waals surface area contributed by atoms with Crippen molar-refractivity contribution in [1.82, 2.24) is 10.3 Å². The van der Waals surface area contributed by atoms with Crippen LogP contribution in [0.5, 0.6) is 11.5 Å². The van der Waals surface area contributed by atoms with Gasteiger partial charge < -0.3 is 43.2 Å². The molecule has 0 spiro atoms. The number of aromatic nitrogens is 1. The Morgan fingerprint density at radius 1 is 1.12 bits per heavy atom. The van der Waals surface area contributed by atoms with Crippen molar-refractivity contribution in [3.05, 3.63) is 18.0 Å². The van der Waals surface area contributed by atoms with Gasteiger partial charge in [0.1, 0.15) is 18.6 Å². The van der Waals surface area contributed by atoms with E-state index in [0.717, 1.165) is 0 Å². The maximum atomic E-state index is 13.3. The molecule has 2 heterocycles. The average Bonchev–Trinajstić information content (AvgIpc) is 3.01. The van der Waals surface area contributed by atoms with Gasteiger partial charge in [-0.25, -0.2) is 14.6 Å². The fourth-order valence-corrected chi connectivity index (χ4v) is 4.13. The Bertz CT molecular complexity index is 1130. The molecule has 0 aliphatic carbocycles. The van der Waals surface area contributed by atoms with Crippen molar-refractivity contribution in [2.45, 2.75) is 52.0 Å². The van der Waals surface area contributed by atoms with Crippen LogP contribution in [0.25, 0.3) is 0 Å². The number of amides is 1. The summed E-state index contributed by atoms with van der Waals surface area (Å²) in [5.74, 6) is -5.44. The van der Waals surface area contributed by atoms with Crippen LogP contribution in [0, 0.1) is 11.8 Å². The van der Waals surface area contributed by atoms with Gasteiger partial charge in [0.05, 0.1) is 26.2 Å². The lowest BCUT2D eigenvalue weighted by molar-refractivity contribution is -0.175. The van der Waals surface area contributed by atoms with Crippen LogP contribution in [-0.2, 0) is 47.6 Å².